The molecule has 1 N–H and O–H groups in total. The highest BCUT2D eigenvalue weighted by Crippen LogP contribution is 2.41. The van der Waals surface area contributed by atoms with E-state index >= 15 is 0 Å². The highest BCUT2D eigenvalue weighted by molar-refractivity contribution is 7.89. The van der Waals surface area contributed by atoms with Gasteiger partial charge in [0.15, 0.2) is 0 Å². The highest BCUT2D eigenvalue weighted by atomic mass is 32.2. The molecule has 1 unspecified atom stereocenters. The highest BCUT2D eigenvalue weighted by Gasteiger charge is 2.35. The lowest BCUT2D eigenvalue weighted by molar-refractivity contribution is 0.529. The van der Waals surface area contributed by atoms with Crippen molar-refractivity contribution in [2.45, 2.75) is 23.8 Å². The zero-order valence-corrected chi connectivity index (χ0v) is 14.2. The third kappa shape index (κ3) is 3.36. The van der Waals surface area contributed by atoms with E-state index < -0.39 is 15.6 Å². The zero-order chi connectivity index (χ0) is 17.4. The van der Waals surface area contributed by atoms with Gasteiger partial charge in [-0.15, -0.1) is 0 Å². The molecule has 128 valence electrons. The third-order valence-electron chi connectivity index (χ3n) is 4.44. The van der Waals surface area contributed by atoms with Gasteiger partial charge >= 0.3 is 5.63 Å². The third-order valence-corrected chi connectivity index (χ3v) is 5.87. The van der Waals surface area contributed by atoms with Crippen molar-refractivity contribution in [2.24, 2.45) is 5.92 Å². The van der Waals surface area contributed by atoms with Crippen LogP contribution in [0.2, 0.25) is 0 Å². The summed E-state index contributed by atoms with van der Waals surface area (Å²) in [5.41, 5.74) is 0.882. The SMILES string of the molecule is O=c1ccc2cc(S(=O)(=O)NC(c3ccccc3)C3CC3)ccc2o1. The van der Waals surface area contributed by atoms with Gasteiger partial charge in [0.05, 0.1) is 4.90 Å². The van der Waals surface area contributed by atoms with Gasteiger partial charge in [-0.2, -0.15) is 0 Å². The molecular formula is C19H17NO4S. The lowest BCUT2D eigenvalue weighted by Gasteiger charge is -2.19. The molecule has 1 heterocycles. The largest absolute Gasteiger partial charge is 0.423 e. The summed E-state index contributed by atoms with van der Waals surface area (Å²) in [5.74, 6) is 0.329. The van der Waals surface area contributed by atoms with E-state index in [0.29, 0.717) is 16.9 Å². The minimum absolute atomic E-state index is 0.162. The molecule has 1 aliphatic rings. The molecule has 1 aliphatic carbocycles. The van der Waals surface area contributed by atoms with Crippen LogP contribution in [0.4, 0.5) is 0 Å². The number of benzene rings is 2. The van der Waals surface area contributed by atoms with Crippen LogP contribution in [-0.2, 0) is 10.0 Å². The molecular weight excluding hydrogens is 338 g/mol. The summed E-state index contributed by atoms with van der Waals surface area (Å²) in [6.07, 6.45) is 2.04. The quantitative estimate of drug-likeness (QED) is 0.713. The number of nitrogens with one attached hydrogen (secondary N) is 1. The van der Waals surface area contributed by atoms with Crippen LogP contribution < -0.4 is 10.3 Å². The van der Waals surface area contributed by atoms with E-state index in [-0.39, 0.29) is 10.9 Å². The topological polar surface area (TPSA) is 76.4 Å². The van der Waals surface area contributed by atoms with E-state index in [4.69, 9.17) is 4.42 Å². The Morgan fingerprint density at radius 1 is 1.00 bits per heavy atom. The average molecular weight is 355 g/mol. The Morgan fingerprint density at radius 3 is 2.48 bits per heavy atom. The fourth-order valence-electron chi connectivity index (χ4n) is 2.98. The number of hydrogen-bond acceptors (Lipinski definition) is 4. The van der Waals surface area contributed by atoms with Crippen LogP contribution >= 0.6 is 0 Å². The second-order valence-corrected chi connectivity index (χ2v) is 8.02. The van der Waals surface area contributed by atoms with Crippen molar-refractivity contribution >= 4 is 21.0 Å². The Morgan fingerprint density at radius 2 is 1.76 bits per heavy atom. The molecule has 1 fully saturated rings. The number of fused-ring (bicyclic) bond motifs is 1. The monoisotopic (exact) mass is 355 g/mol. The van der Waals surface area contributed by atoms with E-state index in [1.807, 2.05) is 30.3 Å². The van der Waals surface area contributed by atoms with Crippen LogP contribution in [0, 0.1) is 5.92 Å². The number of sulfonamides is 1. The van der Waals surface area contributed by atoms with Crippen LogP contribution in [-0.4, -0.2) is 8.42 Å². The molecule has 0 spiro atoms. The second kappa shape index (κ2) is 6.13. The van der Waals surface area contributed by atoms with Gasteiger partial charge in [0, 0.05) is 17.5 Å². The van der Waals surface area contributed by atoms with Gasteiger partial charge in [-0.3, -0.25) is 0 Å². The fourth-order valence-corrected chi connectivity index (χ4v) is 4.31. The van der Waals surface area contributed by atoms with Crippen molar-refractivity contribution < 1.29 is 12.8 Å². The number of hydrogen-bond donors (Lipinski definition) is 1. The molecule has 5 nitrogen and oxygen atoms in total. The predicted molar refractivity (Wildman–Crippen MR) is 94.7 cm³/mol. The van der Waals surface area contributed by atoms with E-state index in [1.54, 1.807) is 6.07 Å². The Hall–Kier alpha value is -2.44. The molecule has 0 aliphatic heterocycles. The maximum atomic E-state index is 12.9. The molecule has 1 atom stereocenters. The van der Waals surface area contributed by atoms with Gasteiger partial charge in [0.1, 0.15) is 5.58 Å². The summed E-state index contributed by atoms with van der Waals surface area (Å²) >= 11 is 0. The van der Waals surface area contributed by atoms with Gasteiger partial charge in [0.2, 0.25) is 10.0 Å². The second-order valence-electron chi connectivity index (χ2n) is 6.30. The van der Waals surface area contributed by atoms with Gasteiger partial charge in [-0.25, -0.2) is 17.9 Å². The molecule has 25 heavy (non-hydrogen) atoms. The van der Waals surface area contributed by atoms with Crippen molar-refractivity contribution in [1.29, 1.82) is 0 Å². The maximum absolute atomic E-state index is 12.9. The smallest absolute Gasteiger partial charge is 0.336 e. The maximum Gasteiger partial charge on any atom is 0.336 e. The lowest BCUT2D eigenvalue weighted by atomic mass is 10.0. The van der Waals surface area contributed by atoms with Crippen LogP contribution in [0.3, 0.4) is 0 Å². The molecule has 1 saturated carbocycles. The molecule has 3 aromatic rings. The Balaban J connectivity index is 1.69. The number of rotatable bonds is 5. The van der Waals surface area contributed by atoms with E-state index in [9.17, 15) is 13.2 Å². The first-order chi connectivity index (χ1) is 12.0. The lowest BCUT2D eigenvalue weighted by Crippen LogP contribution is -2.30. The van der Waals surface area contributed by atoms with Crippen LogP contribution in [0.5, 0.6) is 0 Å². The molecule has 0 bridgehead atoms. The van der Waals surface area contributed by atoms with Crippen molar-refractivity contribution in [3.05, 3.63) is 76.6 Å². The van der Waals surface area contributed by atoms with Crippen LogP contribution in [0.1, 0.15) is 24.4 Å². The van der Waals surface area contributed by atoms with Gasteiger partial charge < -0.3 is 4.42 Å². The Kier molecular flexibility index (Phi) is 3.94. The molecule has 0 saturated heterocycles. The minimum Gasteiger partial charge on any atom is -0.423 e. The molecule has 0 radical (unpaired) electrons. The Labute approximate surface area is 145 Å². The molecule has 1 aromatic heterocycles. The summed E-state index contributed by atoms with van der Waals surface area (Å²) in [6.45, 7) is 0. The first-order valence-corrected chi connectivity index (χ1v) is 9.62. The standard InChI is InChI=1S/C19H17NO4S/c21-18-11-8-15-12-16(9-10-17(15)24-18)25(22,23)20-19(14-6-7-14)13-4-2-1-3-5-13/h1-5,8-12,14,19-20H,6-7H2. The van der Waals surface area contributed by atoms with Gasteiger partial charge in [-0.1, -0.05) is 30.3 Å². The fraction of sp³-hybridized carbons (Fsp3) is 0.211. The van der Waals surface area contributed by atoms with Crippen molar-refractivity contribution in [2.75, 3.05) is 0 Å². The molecule has 2 aromatic carbocycles. The summed E-state index contributed by atoms with van der Waals surface area (Å²) in [6, 6.07) is 16.8. The first-order valence-electron chi connectivity index (χ1n) is 8.14. The van der Waals surface area contributed by atoms with Crippen molar-refractivity contribution in [3.8, 4) is 0 Å². The molecule has 0 amide bonds. The molecule has 4 rings (SSSR count). The van der Waals surface area contributed by atoms with Crippen LogP contribution in [0.25, 0.3) is 11.0 Å². The predicted octanol–water partition coefficient (Wildman–Crippen LogP) is 3.22. The van der Waals surface area contributed by atoms with E-state index in [1.165, 1.54) is 24.3 Å². The minimum atomic E-state index is -3.68. The summed E-state index contributed by atoms with van der Waals surface area (Å²) in [4.78, 5) is 11.4. The first kappa shape index (κ1) is 16.1. The Bertz CT molecular complexity index is 1070. The normalized spacial score (nSPS) is 16.0. The van der Waals surface area contributed by atoms with E-state index in [2.05, 4.69) is 4.72 Å². The summed E-state index contributed by atoms with van der Waals surface area (Å²) in [7, 11) is -3.68. The summed E-state index contributed by atoms with van der Waals surface area (Å²) in [5, 5.41) is 0.574. The van der Waals surface area contributed by atoms with Crippen LogP contribution in [0.15, 0.2) is 74.8 Å². The van der Waals surface area contributed by atoms with Gasteiger partial charge in [-0.05, 0) is 48.6 Å². The van der Waals surface area contributed by atoms with Crippen molar-refractivity contribution in [3.63, 3.8) is 0 Å². The van der Waals surface area contributed by atoms with Gasteiger partial charge in [0.25, 0.3) is 0 Å². The molecule has 6 heteroatoms. The zero-order valence-electron chi connectivity index (χ0n) is 13.4. The average Bonchev–Trinajstić information content (AvgIpc) is 3.45. The summed E-state index contributed by atoms with van der Waals surface area (Å²) < 4.78 is 33.6. The van der Waals surface area contributed by atoms with E-state index in [0.717, 1.165) is 18.4 Å². The van der Waals surface area contributed by atoms with Crippen molar-refractivity contribution in [1.82, 2.24) is 4.72 Å².